The van der Waals surface area contributed by atoms with Crippen LogP contribution in [0.15, 0.2) is 88.2 Å². The van der Waals surface area contributed by atoms with Crippen LogP contribution in [0, 0.1) is 0 Å². The summed E-state index contributed by atoms with van der Waals surface area (Å²) >= 11 is 3.33. The second kappa shape index (κ2) is 11.4. The van der Waals surface area contributed by atoms with Crippen LogP contribution in [0.3, 0.4) is 0 Å². The lowest BCUT2D eigenvalue weighted by atomic mass is 10.1. The number of hydrogen-bond acceptors (Lipinski definition) is 4. The van der Waals surface area contributed by atoms with Gasteiger partial charge in [-0.2, -0.15) is 4.31 Å². The minimum atomic E-state index is -3.87. The summed E-state index contributed by atoms with van der Waals surface area (Å²) in [5.74, 6) is 0.274. The molecule has 1 atom stereocenters. The Balaban J connectivity index is 1.79. The summed E-state index contributed by atoms with van der Waals surface area (Å²) in [7, 11) is -2.30. The van der Waals surface area contributed by atoms with Gasteiger partial charge in [0.1, 0.15) is 5.75 Å². The normalized spacial score (nSPS) is 12.4. The van der Waals surface area contributed by atoms with E-state index in [9.17, 15) is 13.2 Å². The van der Waals surface area contributed by atoms with Gasteiger partial charge in [-0.15, -0.1) is 0 Å². The monoisotopic (exact) mass is 530 g/mol. The zero-order valence-electron chi connectivity index (χ0n) is 18.6. The van der Waals surface area contributed by atoms with E-state index >= 15 is 0 Å². The Morgan fingerprint density at radius 1 is 1.00 bits per heavy atom. The van der Waals surface area contributed by atoms with Crippen molar-refractivity contribution < 1.29 is 17.9 Å². The van der Waals surface area contributed by atoms with Crippen molar-refractivity contribution in [2.75, 3.05) is 20.2 Å². The maximum atomic E-state index is 13.4. The van der Waals surface area contributed by atoms with Gasteiger partial charge in [-0.3, -0.25) is 4.79 Å². The lowest BCUT2D eigenvalue weighted by Gasteiger charge is -2.24. The standard InChI is InChI=1S/C25H27BrN2O4S/c1-19(23-10-6-7-11-24(23)32-2)27-25(29)18-28(17-16-20-8-4-3-5-9-20)33(30,31)22-14-12-21(26)13-15-22/h3-15,19H,16-18H2,1-2H3,(H,27,29)/t19-/m0/s1. The molecular formula is C25H27BrN2O4S. The number of para-hydroxylation sites is 1. The minimum Gasteiger partial charge on any atom is -0.496 e. The van der Waals surface area contributed by atoms with E-state index in [1.54, 1.807) is 19.2 Å². The smallest absolute Gasteiger partial charge is 0.243 e. The van der Waals surface area contributed by atoms with Gasteiger partial charge >= 0.3 is 0 Å². The lowest BCUT2D eigenvalue weighted by molar-refractivity contribution is -0.121. The second-order valence-corrected chi connectivity index (χ2v) is 10.4. The molecule has 33 heavy (non-hydrogen) atoms. The first-order valence-corrected chi connectivity index (χ1v) is 12.8. The van der Waals surface area contributed by atoms with Crippen LogP contribution in [0.4, 0.5) is 0 Å². The predicted octanol–water partition coefficient (Wildman–Crippen LogP) is 4.57. The molecule has 0 aliphatic carbocycles. The first kappa shape index (κ1) is 25.0. The second-order valence-electron chi connectivity index (χ2n) is 7.56. The van der Waals surface area contributed by atoms with Gasteiger partial charge in [0.15, 0.2) is 0 Å². The highest BCUT2D eigenvalue weighted by Crippen LogP contribution is 2.24. The van der Waals surface area contributed by atoms with E-state index in [0.717, 1.165) is 15.6 Å². The molecule has 0 radical (unpaired) electrons. The largest absolute Gasteiger partial charge is 0.496 e. The third-order valence-electron chi connectivity index (χ3n) is 5.25. The summed E-state index contributed by atoms with van der Waals surface area (Å²) in [5.41, 5.74) is 1.82. The van der Waals surface area contributed by atoms with Crippen LogP contribution in [-0.2, 0) is 21.2 Å². The molecule has 0 saturated carbocycles. The third-order valence-corrected chi connectivity index (χ3v) is 7.64. The van der Waals surface area contributed by atoms with Crippen molar-refractivity contribution in [2.45, 2.75) is 24.3 Å². The average Bonchev–Trinajstić information content (AvgIpc) is 2.82. The summed E-state index contributed by atoms with van der Waals surface area (Å²) in [6.45, 7) is 1.73. The van der Waals surface area contributed by atoms with Crippen LogP contribution >= 0.6 is 15.9 Å². The molecule has 3 rings (SSSR count). The highest BCUT2D eigenvalue weighted by atomic mass is 79.9. The first-order chi connectivity index (χ1) is 15.8. The Labute approximate surface area is 203 Å². The molecule has 0 spiro atoms. The molecule has 1 amide bonds. The van der Waals surface area contributed by atoms with Crippen molar-refractivity contribution >= 4 is 31.9 Å². The van der Waals surface area contributed by atoms with E-state index in [2.05, 4.69) is 21.2 Å². The Morgan fingerprint density at radius 3 is 2.30 bits per heavy atom. The predicted molar refractivity (Wildman–Crippen MR) is 133 cm³/mol. The number of sulfonamides is 1. The third kappa shape index (κ3) is 6.66. The molecule has 0 unspecified atom stereocenters. The van der Waals surface area contributed by atoms with E-state index < -0.39 is 10.0 Å². The fraction of sp³-hybridized carbons (Fsp3) is 0.240. The zero-order valence-corrected chi connectivity index (χ0v) is 21.0. The first-order valence-electron chi connectivity index (χ1n) is 10.5. The molecule has 0 aliphatic heterocycles. The van der Waals surface area contributed by atoms with Crippen LogP contribution in [0.5, 0.6) is 5.75 Å². The van der Waals surface area contributed by atoms with Crippen molar-refractivity contribution in [1.82, 2.24) is 9.62 Å². The Morgan fingerprint density at radius 2 is 1.64 bits per heavy atom. The van der Waals surface area contributed by atoms with Gasteiger partial charge in [0.25, 0.3) is 0 Å². The number of carbonyl (C=O) groups is 1. The van der Waals surface area contributed by atoms with Crippen LogP contribution in [0.1, 0.15) is 24.1 Å². The van der Waals surface area contributed by atoms with Gasteiger partial charge < -0.3 is 10.1 Å². The lowest BCUT2D eigenvalue weighted by Crippen LogP contribution is -2.42. The molecule has 3 aromatic rings. The van der Waals surface area contributed by atoms with E-state index in [4.69, 9.17) is 4.74 Å². The van der Waals surface area contributed by atoms with E-state index in [1.807, 2.05) is 61.5 Å². The molecule has 3 aromatic carbocycles. The van der Waals surface area contributed by atoms with Crippen molar-refractivity contribution in [2.24, 2.45) is 0 Å². The van der Waals surface area contributed by atoms with Crippen molar-refractivity contribution in [3.8, 4) is 5.75 Å². The van der Waals surface area contributed by atoms with Crippen molar-refractivity contribution in [3.63, 3.8) is 0 Å². The number of rotatable bonds is 10. The van der Waals surface area contributed by atoms with Crippen LogP contribution < -0.4 is 10.1 Å². The molecule has 0 heterocycles. The maximum Gasteiger partial charge on any atom is 0.243 e. The fourth-order valence-electron chi connectivity index (χ4n) is 3.49. The molecule has 0 saturated heterocycles. The number of ether oxygens (including phenoxy) is 1. The zero-order chi connectivity index (χ0) is 23.8. The number of methoxy groups -OCH3 is 1. The summed E-state index contributed by atoms with van der Waals surface area (Å²) in [5, 5.41) is 2.90. The minimum absolute atomic E-state index is 0.143. The number of nitrogens with one attached hydrogen (secondary N) is 1. The van der Waals surface area contributed by atoms with E-state index in [0.29, 0.717) is 12.2 Å². The number of carbonyl (C=O) groups excluding carboxylic acids is 1. The summed E-state index contributed by atoms with van der Waals surface area (Å²) in [6.07, 6.45) is 0.492. The van der Waals surface area contributed by atoms with Gasteiger partial charge in [0.2, 0.25) is 15.9 Å². The fourth-order valence-corrected chi connectivity index (χ4v) is 5.15. The van der Waals surface area contributed by atoms with Crippen LogP contribution in [-0.4, -0.2) is 38.8 Å². The number of amides is 1. The van der Waals surface area contributed by atoms with Gasteiger partial charge in [-0.05, 0) is 49.2 Å². The van der Waals surface area contributed by atoms with Crippen LogP contribution in [0.2, 0.25) is 0 Å². The van der Waals surface area contributed by atoms with Crippen molar-refractivity contribution in [3.05, 3.63) is 94.5 Å². The number of halogens is 1. The SMILES string of the molecule is COc1ccccc1[C@H](C)NC(=O)CN(CCc1ccccc1)S(=O)(=O)c1ccc(Br)cc1. The molecule has 174 valence electrons. The maximum absolute atomic E-state index is 13.4. The van der Waals surface area contributed by atoms with Gasteiger partial charge in [0, 0.05) is 16.6 Å². The molecule has 0 aromatic heterocycles. The molecule has 0 aliphatic rings. The highest BCUT2D eigenvalue weighted by molar-refractivity contribution is 9.10. The van der Waals surface area contributed by atoms with Crippen molar-refractivity contribution in [1.29, 1.82) is 0 Å². The topological polar surface area (TPSA) is 75.7 Å². The molecule has 1 N–H and O–H groups in total. The summed E-state index contributed by atoms with van der Waals surface area (Å²) in [4.78, 5) is 13.1. The van der Waals surface area contributed by atoms with E-state index in [-0.39, 0.29) is 29.9 Å². The molecular weight excluding hydrogens is 504 g/mol. The van der Waals surface area contributed by atoms with Crippen LogP contribution in [0.25, 0.3) is 0 Å². The molecule has 0 bridgehead atoms. The summed E-state index contributed by atoms with van der Waals surface area (Å²) < 4.78 is 34.1. The molecule has 8 heteroatoms. The number of nitrogens with zero attached hydrogens (tertiary/aromatic N) is 1. The molecule has 6 nitrogen and oxygen atoms in total. The summed E-state index contributed by atoms with van der Waals surface area (Å²) in [6, 6.07) is 23.1. The van der Waals surface area contributed by atoms with Gasteiger partial charge in [-0.25, -0.2) is 8.42 Å². The van der Waals surface area contributed by atoms with Gasteiger partial charge in [-0.1, -0.05) is 64.5 Å². The number of hydrogen-bond donors (Lipinski definition) is 1. The highest BCUT2D eigenvalue weighted by Gasteiger charge is 2.27. The van der Waals surface area contributed by atoms with Gasteiger partial charge in [0.05, 0.1) is 24.6 Å². The molecule has 0 fully saturated rings. The average molecular weight is 531 g/mol. The Bertz CT molecular complexity index is 1170. The Hall–Kier alpha value is -2.68. The van der Waals surface area contributed by atoms with E-state index in [1.165, 1.54) is 16.4 Å². The number of benzene rings is 3. The Kier molecular flexibility index (Phi) is 8.66. The quantitative estimate of drug-likeness (QED) is 0.416.